The number of benzene rings is 1. The van der Waals surface area contributed by atoms with Crippen LogP contribution in [0.4, 0.5) is 0 Å². The molecule has 1 atom stereocenters. The van der Waals surface area contributed by atoms with Crippen molar-refractivity contribution in [3.05, 3.63) is 35.4 Å². The van der Waals surface area contributed by atoms with Gasteiger partial charge in [-0.2, -0.15) is 0 Å². The summed E-state index contributed by atoms with van der Waals surface area (Å²) in [6.45, 7) is 3.49. The van der Waals surface area contributed by atoms with Crippen LogP contribution in [-0.2, 0) is 11.2 Å². The number of rotatable bonds is 2. The highest BCUT2D eigenvalue weighted by atomic mass is 16.1. The van der Waals surface area contributed by atoms with E-state index in [-0.39, 0.29) is 11.6 Å². The molecule has 1 aromatic carbocycles. The molecule has 0 saturated heterocycles. The van der Waals surface area contributed by atoms with Gasteiger partial charge in [-0.25, -0.2) is 0 Å². The molecule has 1 aromatic rings. The molecule has 0 bridgehead atoms. The molecule has 2 nitrogen and oxygen atoms in total. The summed E-state index contributed by atoms with van der Waals surface area (Å²) in [7, 11) is 0. The molecule has 0 heterocycles. The maximum absolute atomic E-state index is 12.5. The van der Waals surface area contributed by atoms with Gasteiger partial charge in [0.1, 0.15) is 5.78 Å². The fourth-order valence-electron chi connectivity index (χ4n) is 2.79. The fourth-order valence-corrected chi connectivity index (χ4v) is 2.79. The highest BCUT2D eigenvalue weighted by Gasteiger charge is 2.37. The fraction of sp³-hybridized carbons (Fsp3) is 0.467. The number of carbonyl (C=O) groups excluding carboxylic acids is 2. The van der Waals surface area contributed by atoms with Crippen molar-refractivity contribution in [1.29, 1.82) is 0 Å². The second-order valence-corrected chi connectivity index (χ2v) is 5.28. The summed E-state index contributed by atoms with van der Waals surface area (Å²) in [5, 5.41) is 0. The molecule has 0 aromatic heterocycles. The number of ketones is 2. The van der Waals surface area contributed by atoms with E-state index in [1.165, 1.54) is 0 Å². The summed E-state index contributed by atoms with van der Waals surface area (Å²) in [6.07, 6.45) is 3.09. The predicted molar refractivity (Wildman–Crippen MR) is 67.1 cm³/mol. The van der Waals surface area contributed by atoms with Gasteiger partial charge in [-0.05, 0) is 31.7 Å². The predicted octanol–water partition coefficient (Wildman–Crippen LogP) is 3.19. The molecular formula is C15H18O2. The summed E-state index contributed by atoms with van der Waals surface area (Å²) in [5.74, 6) is 0.237. The number of hydrogen-bond donors (Lipinski definition) is 0. The molecule has 0 saturated carbocycles. The second-order valence-electron chi connectivity index (χ2n) is 5.28. The lowest BCUT2D eigenvalue weighted by Gasteiger charge is -2.25. The van der Waals surface area contributed by atoms with Gasteiger partial charge in [0.15, 0.2) is 5.78 Å². The van der Waals surface area contributed by atoms with Crippen LogP contribution >= 0.6 is 0 Å². The van der Waals surface area contributed by atoms with Gasteiger partial charge in [-0.3, -0.25) is 9.59 Å². The van der Waals surface area contributed by atoms with E-state index in [9.17, 15) is 9.59 Å². The first-order valence-electron chi connectivity index (χ1n) is 6.15. The average Bonchev–Trinajstić information content (AvgIpc) is 2.38. The normalized spacial score (nSPS) is 24.0. The van der Waals surface area contributed by atoms with Crippen molar-refractivity contribution in [3.8, 4) is 0 Å². The molecule has 2 rings (SSSR count). The molecule has 0 N–H and O–H groups in total. The Morgan fingerprint density at radius 3 is 2.76 bits per heavy atom. The van der Waals surface area contributed by atoms with Crippen molar-refractivity contribution in [2.24, 2.45) is 5.41 Å². The van der Waals surface area contributed by atoms with Crippen LogP contribution in [0.25, 0.3) is 0 Å². The Labute approximate surface area is 102 Å². The van der Waals surface area contributed by atoms with Gasteiger partial charge in [0, 0.05) is 17.4 Å². The quantitative estimate of drug-likeness (QED) is 0.731. The molecule has 0 aliphatic heterocycles. The number of hydrogen-bond acceptors (Lipinski definition) is 2. The summed E-state index contributed by atoms with van der Waals surface area (Å²) in [4.78, 5) is 23.9. The minimum atomic E-state index is -0.502. The monoisotopic (exact) mass is 230 g/mol. The third-order valence-electron chi connectivity index (χ3n) is 3.62. The Bertz CT molecular complexity index is 462. The van der Waals surface area contributed by atoms with Crippen molar-refractivity contribution in [2.75, 3.05) is 0 Å². The van der Waals surface area contributed by atoms with Gasteiger partial charge in [-0.15, -0.1) is 0 Å². The Kier molecular flexibility index (Phi) is 3.14. The molecule has 0 spiro atoms. The van der Waals surface area contributed by atoms with Crippen LogP contribution in [0.5, 0.6) is 0 Å². The van der Waals surface area contributed by atoms with Gasteiger partial charge in [0.25, 0.3) is 0 Å². The first kappa shape index (κ1) is 12.0. The van der Waals surface area contributed by atoms with Crippen LogP contribution in [0.15, 0.2) is 24.3 Å². The third kappa shape index (κ3) is 2.31. The lowest BCUT2D eigenvalue weighted by Crippen LogP contribution is -2.29. The minimum absolute atomic E-state index is 0.0974. The first-order valence-corrected chi connectivity index (χ1v) is 6.15. The Morgan fingerprint density at radius 2 is 2.06 bits per heavy atom. The lowest BCUT2D eigenvalue weighted by atomic mass is 9.76. The SMILES string of the molecule is CC(=O)C[C@@]1(C)CCCc2ccccc2C1=O. The second kappa shape index (κ2) is 4.44. The summed E-state index contributed by atoms with van der Waals surface area (Å²) >= 11 is 0. The van der Waals surface area contributed by atoms with Crippen LogP contribution < -0.4 is 0 Å². The van der Waals surface area contributed by atoms with E-state index in [2.05, 4.69) is 0 Å². The lowest BCUT2D eigenvalue weighted by molar-refractivity contribution is -0.118. The maximum Gasteiger partial charge on any atom is 0.169 e. The number of aryl methyl sites for hydroxylation is 1. The van der Waals surface area contributed by atoms with Crippen molar-refractivity contribution in [2.45, 2.75) is 39.5 Å². The van der Waals surface area contributed by atoms with E-state index in [0.29, 0.717) is 6.42 Å². The molecule has 0 radical (unpaired) electrons. The molecule has 1 aliphatic carbocycles. The van der Waals surface area contributed by atoms with Crippen molar-refractivity contribution in [1.82, 2.24) is 0 Å². The zero-order valence-electron chi connectivity index (χ0n) is 10.5. The van der Waals surface area contributed by atoms with Crippen molar-refractivity contribution >= 4 is 11.6 Å². The van der Waals surface area contributed by atoms with Crippen molar-refractivity contribution in [3.63, 3.8) is 0 Å². The van der Waals surface area contributed by atoms with E-state index in [4.69, 9.17) is 0 Å². The van der Waals surface area contributed by atoms with Gasteiger partial charge in [0.05, 0.1) is 0 Å². The molecule has 17 heavy (non-hydrogen) atoms. The number of fused-ring (bicyclic) bond motifs is 1. The molecule has 1 aliphatic rings. The molecule has 90 valence electrons. The van der Waals surface area contributed by atoms with E-state index < -0.39 is 5.41 Å². The Morgan fingerprint density at radius 1 is 1.35 bits per heavy atom. The Hall–Kier alpha value is -1.44. The zero-order valence-corrected chi connectivity index (χ0v) is 10.5. The number of Topliss-reactive ketones (excluding diaryl/α,β-unsaturated/α-hetero) is 2. The van der Waals surface area contributed by atoms with Crippen molar-refractivity contribution < 1.29 is 9.59 Å². The Balaban J connectivity index is 2.41. The minimum Gasteiger partial charge on any atom is -0.300 e. The third-order valence-corrected chi connectivity index (χ3v) is 3.62. The van der Waals surface area contributed by atoms with E-state index >= 15 is 0 Å². The summed E-state index contributed by atoms with van der Waals surface area (Å²) in [6, 6.07) is 7.78. The summed E-state index contributed by atoms with van der Waals surface area (Å²) < 4.78 is 0. The van der Waals surface area contributed by atoms with Gasteiger partial charge < -0.3 is 0 Å². The average molecular weight is 230 g/mol. The molecule has 0 amide bonds. The largest absolute Gasteiger partial charge is 0.300 e. The zero-order chi connectivity index (χ0) is 12.5. The topological polar surface area (TPSA) is 34.1 Å². The molecular weight excluding hydrogens is 212 g/mol. The maximum atomic E-state index is 12.5. The summed E-state index contributed by atoms with van der Waals surface area (Å²) in [5.41, 5.74) is 1.44. The standard InChI is InChI=1S/C15H18O2/c1-11(16)10-15(2)9-5-7-12-6-3-4-8-13(12)14(15)17/h3-4,6,8H,5,7,9-10H2,1-2H3/t15-/m1/s1. The highest BCUT2D eigenvalue weighted by Crippen LogP contribution is 2.36. The van der Waals surface area contributed by atoms with Crippen LogP contribution in [0.3, 0.4) is 0 Å². The molecule has 0 fully saturated rings. The number of carbonyl (C=O) groups is 2. The van der Waals surface area contributed by atoms with Crippen LogP contribution in [-0.4, -0.2) is 11.6 Å². The van der Waals surface area contributed by atoms with Gasteiger partial charge >= 0.3 is 0 Å². The van der Waals surface area contributed by atoms with Crippen LogP contribution in [0.1, 0.15) is 49.0 Å². The molecule has 2 heteroatoms. The van der Waals surface area contributed by atoms with E-state index in [0.717, 1.165) is 30.4 Å². The van der Waals surface area contributed by atoms with Gasteiger partial charge in [0.2, 0.25) is 0 Å². The highest BCUT2D eigenvalue weighted by molar-refractivity contribution is 6.03. The smallest absolute Gasteiger partial charge is 0.169 e. The first-order chi connectivity index (χ1) is 8.03. The van der Waals surface area contributed by atoms with E-state index in [1.54, 1.807) is 6.92 Å². The molecule has 0 unspecified atom stereocenters. The van der Waals surface area contributed by atoms with Crippen LogP contribution in [0.2, 0.25) is 0 Å². The van der Waals surface area contributed by atoms with Crippen LogP contribution in [0, 0.1) is 5.41 Å². The van der Waals surface area contributed by atoms with Gasteiger partial charge in [-0.1, -0.05) is 31.2 Å². The van der Waals surface area contributed by atoms with E-state index in [1.807, 2.05) is 31.2 Å².